The van der Waals surface area contributed by atoms with Crippen molar-refractivity contribution in [1.29, 1.82) is 0 Å². The summed E-state index contributed by atoms with van der Waals surface area (Å²) in [5.41, 5.74) is 7.45. The van der Waals surface area contributed by atoms with Crippen molar-refractivity contribution in [3.63, 3.8) is 0 Å². The van der Waals surface area contributed by atoms with E-state index in [2.05, 4.69) is 15.9 Å². The second kappa shape index (κ2) is 6.49. The molecule has 2 aromatic rings. The lowest BCUT2D eigenvalue weighted by Gasteiger charge is -2.09. The van der Waals surface area contributed by atoms with Gasteiger partial charge in [0.2, 0.25) is 0 Å². The number of halogens is 1. The molecular formula is C14H13BrN2O3. The van der Waals surface area contributed by atoms with E-state index < -0.39 is 4.92 Å². The minimum atomic E-state index is -0.430. The van der Waals surface area contributed by atoms with Gasteiger partial charge in [-0.25, -0.2) is 0 Å². The Bertz CT molecular complexity index is 632. The summed E-state index contributed by atoms with van der Waals surface area (Å²) in [6.07, 6.45) is 0. The van der Waals surface area contributed by atoms with Gasteiger partial charge in [0.15, 0.2) is 0 Å². The number of nitrogens with zero attached hydrogens (tertiary/aromatic N) is 1. The Hall–Kier alpha value is -1.92. The second-order valence-corrected chi connectivity index (χ2v) is 5.03. The van der Waals surface area contributed by atoms with Crippen molar-refractivity contribution >= 4 is 21.6 Å². The van der Waals surface area contributed by atoms with Gasteiger partial charge < -0.3 is 10.5 Å². The van der Waals surface area contributed by atoms with E-state index >= 15 is 0 Å². The fourth-order valence-electron chi connectivity index (χ4n) is 1.69. The highest BCUT2D eigenvalue weighted by Crippen LogP contribution is 2.24. The van der Waals surface area contributed by atoms with Gasteiger partial charge in [0.05, 0.1) is 4.92 Å². The molecule has 0 spiro atoms. The average Bonchev–Trinajstić information content (AvgIpc) is 2.46. The van der Waals surface area contributed by atoms with Crippen molar-refractivity contribution in [3.05, 3.63) is 68.2 Å². The minimum Gasteiger partial charge on any atom is -0.489 e. The lowest BCUT2D eigenvalue weighted by atomic mass is 10.2. The van der Waals surface area contributed by atoms with Crippen molar-refractivity contribution in [2.24, 2.45) is 5.73 Å². The van der Waals surface area contributed by atoms with Crippen LogP contribution in [-0.4, -0.2) is 4.92 Å². The quantitative estimate of drug-likeness (QED) is 0.670. The molecule has 0 aliphatic carbocycles. The predicted octanol–water partition coefficient (Wildman–Crippen LogP) is 3.40. The van der Waals surface area contributed by atoms with Crippen molar-refractivity contribution < 1.29 is 9.66 Å². The molecule has 0 bridgehead atoms. The van der Waals surface area contributed by atoms with Crippen LogP contribution in [0.25, 0.3) is 0 Å². The maximum Gasteiger partial charge on any atom is 0.270 e. The van der Waals surface area contributed by atoms with Crippen molar-refractivity contribution in [3.8, 4) is 5.75 Å². The van der Waals surface area contributed by atoms with Gasteiger partial charge in [-0.2, -0.15) is 0 Å². The van der Waals surface area contributed by atoms with Gasteiger partial charge in [-0.05, 0) is 23.8 Å². The summed E-state index contributed by atoms with van der Waals surface area (Å²) in [4.78, 5) is 10.2. The van der Waals surface area contributed by atoms with E-state index in [0.717, 1.165) is 16.9 Å². The summed E-state index contributed by atoms with van der Waals surface area (Å²) < 4.78 is 6.31. The van der Waals surface area contributed by atoms with Crippen LogP contribution in [0, 0.1) is 10.1 Å². The van der Waals surface area contributed by atoms with Crippen LogP contribution in [-0.2, 0) is 13.2 Å². The highest BCUT2D eigenvalue weighted by atomic mass is 79.9. The Kier molecular flexibility index (Phi) is 4.70. The van der Waals surface area contributed by atoms with Crippen LogP contribution in [0.1, 0.15) is 11.1 Å². The number of nitrogens with two attached hydrogens (primary N) is 1. The van der Waals surface area contributed by atoms with Crippen LogP contribution in [0.15, 0.2) is 46.9 Å². The van der Waals surface area contributed by atoms with Crippen LogP contribution >= 0.6 is 15.9 Å². The van der Waals surface area contributed by atoms with E-state index in [9.17, 15) is 10.1 Å². The number of hydrogen-bond donors (Lipinski definition) is 1. The molecule has 0 aliphatic heterocycles. The topological polar surface area (TPSA) is 78.4 Å². The molecule has 104 valence electrons. The molecule has 0 saturated carbocycles. The Morgan fingerprint density at radius 1 is 1.25 bits per heavy atom. The molecule has 0 unspecified atom stereocenters. The summed E-state index contributed by atoms with van der Waals surface area (Å²) in [6.45, 7) is 0.783. The van der Waals surface area contributed by atoms with E-state index in [1.807, 2.05) is 24.3 Å². The van der Waals surface area contributed by atoms with Crippen LogP contribution in [0.2, 0.25) is 0 Å². The van der Waals surface area contributed by atoms with Crippen LogP contribution < -0.4 is 10.5 Å². The number of rotatable bonds is 5. The van der Waals surface area contributed by atoms with Gasteiger partial charge in [0.1, 0.15) is 12.4 Å². The molecule has 0 saturated heterocycles. The van der Waals surface area contributed by atoms with Gasteiger partial charge in [0, 0.05) is 28.7 Å². The SMILES string of the molecule is NCc1cccc(OCc2ccc([N+](=O)[O-])cc2Br)c1. The molecule has 0 aromatic heterocycles. The zero-order valence-electron chi connectivity index (χ0n) is 10.6. The largest absolute Gasteiger partial charge is 0.489 e. The van der Waals surface area contributed by atoms with Gasteiger partial charge in [0.25, 0.3) is 5.69 Å². The average molecular weight is 337 g/mol. The standard InChI is InChI=1S/C14H13BrN2O3/c15-14-7-12(17(18)19)5-4-11(14)9-20-13-3-1-2-10(6-13)8-16/h1-7H,8-9,16H2. The Morgan fingerprint density at radius 2 is 2.05 bits per heavy atom. The third-order valence-electron chi connectivity index (χ3n) is 2.78. The predicted molar refractivity (Wildman–Crippen MR) is 79.5 cm³/mol. The van der Waals surface area contributed by atoms with E-state index in [-0.39, 0.29) is 5.69 Å². The van der Waals surface area contributed by atoms with Gasteiger partial charge in [-0.1, -0.05) is 28.1 Å². The molecule has 20 heavy (non-hydrogen) atoms. The van der Waals surface area contributed by atoms with Crippen molar-refractivity contribution in [2.75, 3.05) is 0 Å². The summed E-state index contributed by atoms with van der Waals surface area (Å²) >= 11 is 3.31. The second-order valence-electron chi connectivity index (χ2n) is 4.17. The zero-order valence-corrected chi connectivity index (χ0v) is 12.2. The van der Waals surface area contributed by atoms with Crippen LogP contribution in [0.5, 0.6) is 5.75 Å². The number of nitro benzene ring substituents is 1. The Labute approximate surface area is 124 Å². The number of nitro groups is 1. The van der Waals surface area contributed by atoms with Gasteiger partial charge >= 0.3 is 0 Å². The first kappa shape index (κ1) is 14.5. The monoisotopic (exact) mass is 336 g/mol. The molecule has 0 radical (unpaired) electrons. The third kappa shape index (κ3) is 3.55. The smallest absolute Gasteiger partial charge is 0.270 e. The molecule has 0 atom stereocenters. The summed E-state index contributed by atoms with van der Waals surface area (Å²) in [6, 6.07) is 12.1. The molecule has 6 heteroatoms. The highest BCUT2D eigenvalue weighted by Gasteiger charge is 2.09. The Balaban J connectivity index is 2.08. The molecule has 2 N–H and O–H groups in total. The number of non-ortho nitro benzene ring substituents is 1. The van der Waals surface area contributed by atoms with Crippen LogP contribution in [0.3, 0.4) is 0 Å². The summed E-state index contributed by atoms with van der Waals surface area (Å²) in [5.74, 6) is 0.721. The third-order valence-corrected chi connectivity index (χ3v) is 3.51. The van der Waals surface area contributed by atoms with E-state index in [1.54, 1.807) is 6.07 Å². The molecular weight excluding hydrogens is 324 g/mol. The van der Waals surface area contributed by atoms with E-state index in [0.29, 0.717) is 17.6 Å². The first-order valence-corrected chi connectivity index (χ1v) is 6.74. The number of ether oxygens (including phenoxy) is 1. The normalized spacial score (nSPS) is 10.3. The minimum absolute atomic E-state index is 0.0470. The fraction of sp³-hybridized carbons (Fsp3) is 0.143. The van der Waals surface area contributed by atoms with Gasteiger partial charge in [-0.3, -0.25) is 10.1 Å². The van der Waals surface area contributed by atoms with Gasteiger partial charge in [-0.15, -0.1) is 0 Å². The van der Waals surface area contributed by atoms with E-state index in [4.69, 9.17) is 10.5 Å². The molecule has 2 rings (SSSR count). The lowest BCUT2D eigenvalue weighted by molar-refractivity contribution is -0.384. The molecule has 0 amide bonds. The molecule has 2 aromatic carbocycles. The summed E-state index contributed by atoms with van der Waals surface area (Å²) in [5, 5.41) is 10.7. The number of benzene rings is 2. The first-order valence-electron chi connectivity index (χ1n) is 5.95. The molecule has 0 aliphatic rings. The van der Waals surface area contributed by atoms with E-state index in [1.165, 1.54) is 12.1 Å². The lowest BCUT2D eigenvalue weighted by Crippen LogP contribution is -2.00. The summed E-state index contributed by atoms with van der Waals surface area (Å²) in [7, 11) is 0. The Morgan fingerprint density at radius 3 is 2.70 bits per heavy atom. The fourth-order valence-corrected chi connectivity index (χ4v) is 2.17. The zero-order chi connectivity index (χ0) is 14.5. The molecule has 0 fully saturated rings. The van der Waals surface area contributed by atoms with Crippen molar-refractivity contribution in [1.82, 2.24) is 0 Å². The molecule has 5 nitrogen and oxygen atoms in total. The van der Waals surface area contributed by atoms with Crippen molar-refractivity contribution in [2.45, 2.75) is 13.2 Å². The van der Waals surface area contributed by atoms with Crippen LogP contribution in [0.4, 0.5) is 5.69 Å². The maximum atomic E-state index is 10.7. The maximum absolute atomic E-state index is 10.7. The first-order chi connectivity index (χ1) is 9.60. The number of hydrogen-bond acceptors (Lipinski definition) is 4. The highest BCUT2D eigenvalue weighted by molar-refractivity contribution is 9.10. The molecule has 0 heterocycles.